The molecule has 3 nitrogen and oxygen atoms in total. The summed E-state index contributed by atoms with van der Waals surface area (Å²) < 4.78 is 5.34. The van der Waals surface area contributed by atoms with Crippen LogP contribution in [0.3, 0.4) is 0 Å². The second kappa shape index (κ2) is 5.87. The third-order valence-corrected chi connectivity index (χ3v) is 4.83. The second-order valence-corrected chi connectivity index (χ2v) is 6.32. The fourth-order valence-corrected chi connectivity index (χ4v) is 3.84. The molecule has 108 valence electrons. The summed E-state index contributed by atoms with van der Waals surface area (Å²) in [6.07, 6.45) is 0. The zero-order valence-electron chi connectivity index (χ0n) is 10.7. The summed E-state index contributed by atoms with van der Waals surface area (Å²) in [5.74, 6) is 0.491. The maximum Gasteiger partial charge on any atom is 0.262 e. The van der Waals surface area contributed by atoms with Crippen molar-refractivity contribution in [1.82, 2.24) is 0 Å². The maximum absolute atomic E-state index is 11.4. The molecule has 0 saturated heterocycles. The second-order valence-electron chi connectivity index (χ2n) is 4.59. The van der Waals surface area contributed by atoms with Crippen molar-refractivity contribution in [3.63, 3.8) is 0 Å². The molecule has 1 amide bonds. The molecular weight excluding hydrogens is 377 g/mol. The number of ether oxygens (including phenoxy) is 1. The number of nitrogens with one attached hydrogen (secondary N) is 1. The highest BCUT2D eigenvalue weighted by molar-refractivity contribution is 9.09. The Labute approximate surface area is 140 Å². The predicted octanol–water partition coefficient (Wildman–Crippen LogP) is 4.81. The van der Waals surface area contributed by atoms with Gasteiger partial charge in [0.05, 0.1) is 10.5 Å². The van der Waals surface area contributed by atoms with E-state index in [1.165, 1.54) is 0 Å². The van der Waals surface area contributed by atoms with Crippen LogP contribution in [0.5, 0.6) is 5.75 Å². The van der Waals surface area contributed by atoms with Gasteiger partial charge in [0.1, 0.15) is 5.75 Å². The first-order valence-corrected chi connectivity index (χ1v) is 7.88. The third kappa shape index (κ3) is 2.89. The smallest absolute Gasteiger partial charge is 0.262 e. The summed E-state index contributed by atoms with van der Waals surface area (Å²) in [5.41, 5.74) is 2.37. The highest BCUT2D eigenvalue weighted by Gasteiger charge is 2.21. The van der Waals surface area contributed by atoms with Crippen LogP contribution < -0.4 is 10.1 Å². The van der Waals surface area contributed by atoms with E-state index in [2.05, 4.69) is 21.2 Å². The van der Waals surface area contributed by atoms with Crippen LogP contribution in [0.4, 0.5) is 5.69 Å². The number of carbonyl (C=O) groups excluding carboxylic acids is 1. The monoisotopic (exact) mass is 385 g/mol. The maximum atomic E-state index is 11.4. The molecule has 1 aliphatic heterocycles. The summed E-state index contributed by atoms with van der Waals surface area (Å²) in [4.78, 5) is 11.2. The summed E-state index contributed by atoms with van der Waals surface area (Å²) >= 11 is 16.1. The Bertz CT molecular complexity index is 701. The van der Waals surface area contributed by atoms with Gasteiger partial charge in [0.15, 0.2) is 6.61 Å². The minimum Gasteiger partial charge on any atom is -0.482 e. The van der Waals surface area contributed by atoms with E-state index >= 15 is 0 Å². The first kappa shape index (κ1) is 14.7. The van der Waals surface area contributed by atoms with Gasteiger partial charge in [-0.25, -0.2) is 0 Å². The molecule has 1 unspecified atom stereocenters. The predicted molar refractivity (Wildman–Crippen MR) is 87.8 cm³/mol. The standard InChI is InChI=1S/C15H10BrCl2NO2/c16-15(14-9(17)2-1-3-10(14)18)8-4-5-12-11(6-8)19-13(20)7-21-12/h1-6,15H,7H2,(H,19,20). The average molecular weight is 387 g/mol. The Morgan fingerprint density at radius 2 is 1.90 bits per heavy atom. The number of hydrogen-bond donors (Lipinski definition) is 1. The number of anilines is 1. The van der Waals surface area contributed by atoms with Crippen molar-refractivity contribution in [1.29, 1.82) is 0 Å². The molecule has 1 aliphatic rings. The largest absolute Gasteiger partial charge is 0.482 e. The Kier molecular flexibility index (Phi) is 4.11. The van der Waals surface area contributed by atoms with E-state index in [-0.39, 0.29) is 17.3 Å². The first-order valence-electron chi connectivity index (χ1n) is 6.21. The summed E-state index contributed by atoms with van der Waals surface area (Å²) in [7, 11) is 0. The number of hydrogen-bond acceptors (Lipinski definition) is 2. The Morgan fingerprint density at radius 3 is 2.62 bits per heavy atom. The minimum atomic E-state index is -0.178. The number of amides is 1. The molecule has 6 heteroatoms. The minimum absolute atomic E-state index is 0.0421. The summed E-state index contributed by atoms with van der Waals surface area (Å²) in [6.45, 7) is 0.0421. The van der Waals surface area contributed by atoms with E-state index in [0.717, 1.165) is 11.1 Å². The number of halogens is 3. The number of rotatable bonds is 2. The lowest BCUT2D eigenvalue weighted by atomic mass is 10.0. The van der Waals surface area contributed by atoms with E-state index in [4.69, 9.17) is 27.9 Å². The third-order valence-electron chi connectivity index (χ3n) is 3.18. The summed E-state index contributed by atoms with van der Waals surface area (Å²) in [6, 6.07) is 11.0. The van der Waals surface area contributed by atoms with Crippen molar-refractivity contribution in [3.8, 4) is 5.75 Å². The number of carbonyl (C=O) groups is 1. The number of fused-ring (bicyclic) bond motifs is 1. The lowest BCUT2D eigenvalue weighted by Gasteiger charge is -2.20. The van der Waals surface area contributed by atoms with Crippen LogP contribution in [-0.4, -0.2) is 12.5 Å². The zero-order chi connectivity index (χ0) is 15.0. The first-order chi connectivity index (χ1) is 10.1. The van der Waals surface area contributed by atoms with Crippen molar-refractivity contribution < 1.29 is 9.53 Å². The number of alkyl halides is 1. The highest BCUT2D eigenvalue weighted by atomic mass is 79.9. The molecule has 1 heterocycles. The van der Waals surface area contributed by atoms with E-state index in [0.29, 0.717) is 21.5 Å². The Hall–Kier alpha value is -1.23. The lowest BCUT2D eigenvalue weighted by molar-refractivity contribution is -0.118. The van der Waals surface area contributed by atoms with Crippen LogP contribution >= 0.6 is 39.1 Å². The molecular formula is C15H10BrCl2NO2. The molecule has 0 aliphatic carbocycles. The van der Waals surface area contributed by atoms with Crippen molar-refractivity contribution >= 4 is 50.7 Å². The fourth-order valence-electron chi connectivity index (χ4n) is 2.18. The van der Waals surface area contributed by atoms with Gasteiger partial charge in [-0.1, -0.05) is 51.3 Å². The quantitative estimate of drug-likeness (QED) is 0.752. The molecule has 0 saturated carbocycles. The van der Waals surface area contributed by atoms with Gasteiger partial charge in [0, 0.05) is 15.6 Å². The molecule has 1 atom stereocenters. The van der Waals surface area contributed by atoms with Crippen LogP contribution in [0, 0.1) is 0 Å². The normalized spacial score (nSPS) is 14.9. The SMILES string of the molecule is O=C1COc2ccc(C(Br)c3c(Cl)cccc3Cl)cc2N1. The van der Waals surface area contributed by atoms with Crippen LogP contribution in [0.2, 0.25) is 10.0 Å². The molecule has 21 heavy (non-hydrogen) atoms. The highest BCUT2D eigenvalue weighted by Crippen LogP contribution is 2.41. The molecule has 0 bridgehead atoms. The van der Waals surface area contributed by atoms with Gasteiger partial charge in [-0.3, -0.25) is 4.79 Å². The van der Waals surface area contributed by atoms with Gasteiger partial charge >= 0.3 is 0 Å². The van der Waals surface area contributed by atoms with Crippen molar-refractivity contribution in [3.05, 3.63) is 57.6 Å². The molecule has 3 rings (SSSR count). The number of benzene rings is 2. The van der Waals surface area contributed by atoms with Gasteiger partial charge < -0.3 is 10.1 Å². The molecule has 0 radical (unpaired) electrons. The Balaban J connectivity index is 2.01. The van der Waals surface area contributed by atoms with Crippen LogP contribution in [0.1, 0.15) is 16.0 Å². The topological polar surface area (TPSA) is 38.3 Å². The Morgan fingerprint density at radius 1 is 1.19 bits per heavy atom. The van der Waals surface area contributed by atoms with Crippen LogP contribution in [0.25, 0.3) is 0 Å². The van der Waals surface area contributed by atoms with Gasteiger partial charge in [0.25, 0.3) is 5.91 Å². The van der Waals surface area contributed by atoms with Gasteiger partial charge in [-0.15, -0.1) is 0 Å². The van der Waals surface area contributed by atoms with Gasteiger partial charge in [-0.2, -0.15) is 0 Å². The zero-order valence-corrected chi connectivity index (χ0v) is 13.8. The van der Waals surface area contributed by atoms with E-state index < -0.39 is 0 Å². The van der Waals surface area contributed by atoms with Gasteiger partial charge in [0.2, 0.25) is 0 Å². The molecule has 0 spiro atoms. The van der Waals surface area contributed by atoms with E-state index in [9.17, 15) is 4.79 Å². The fraction of sp³-hybridized carbons (Fsp3) is 0.133. The van der Waals surface area contributed by atoms with Crippen molar-refractivity contribution in [2.75, 3.05) is 11.9 Å². The molecule has 2 aromatic rings. The molecule has 2 aromatic carbocycles. The van der Waals surface area contributed by atoms with Crippen molar-refractivity contribution in [2.45, 2.75) is 4.83 Å². The van der Waals surface area contributed by atoms with Crippen LogP contribution in [-0.2, 0) is 4.79 Å². The van der Waals surface area contributed by atoms with E-state index in [1.54, 1.807) is 18.2 Å². The molecule has 1 N–H and O–H groups in total. The molecule has 0 aromatic heterocycles. The lowest BCUT2D eigenvalue weighted by Crippen LogP contribution is -2.25. The molecule has 0 fully saturated rings. The van der Waals surface area contributed by atoms with Gasteiger partial charge in [-0.05, 0) is 29.8 Å². The summed E-state index contributed by atoms with van der Waals surface area (Å²) in [5, 5.41) is 3.96. The van der Waals surface area contributed by atoms with Crippen LogP contribution in [0.15, 0.2) is 36.4 Å². The van der Waals surface area contributed by atoms with E-state index in [1.807, 2.05) is 18.2 Å². The average Bonchev–Trinajstić information content (AvgIpc) is 2.46. The van der Waals surface area contributed by atoms with Crippen molar-refractivity contribution in [2.24, 2.45) is 0 Å².